The molecule has 142 valence electrons. The van der Waals surface area contributed by atoms with Crippen molar-refractivity contribution in [3.8, 4) is 11.6 Å². The molecule has 0 bridgehead atoms. The smallest absolute Gasteiger partial charge is 0.244 e. The molecule has 0 saturated carbocycles. The number of amides is 1. The van der Waals surface area contributed by atoms with E-state index in [1.165, 1.54) is 6.07 Å². The quantitative estimate of drug-likeness (QED) is 0.610. The van der Waals surface area contributed by atoms with Crippen molar-refractivity contribution in [2.75, 3.05) is 0 Å². The molecule has 0 aliphatic carbocycles. The van der Waals surface area contributed by atoms with Crippen LogP contribution < -0.4 is 10.1 Å². The van der Waals surface area contributed by atoms with Gasteiger partial charge < -0.3 is 10.1 Å². The van der Waals surface area contributed by atoms with E-state index in [0.717, 1.165) is 29.8 Å². The van der Waals surface area contributed by atoms with E-state index in [-0.39, 0.29) is 11.6 Å². The van der Waals surface area contributed by atoms with Crippen LogP contribution in [0.1, 0.15) is 24.1 Å². The maximum absolute atomic E-state index is 13.6. The van der Waals surface area contributed by atoms with E-state index >= 15 is 0 Å². The van der Waals surface area contributed by atoms with E-state index in [1.807, 2.05) is 12.1 Å². The van der Waals surface area contributed by atoms with Crippen LogP contribution in [0.4, 0.5) is 8.78 Å². The van der Waals surface area contributed by atoms with Gasteiger partial charge in [-0.3, -0.25) is 4.79 Å². The summed E-state index contributed by atoms with van der Waals surface area (Å²) in [5.74, 6) is -0.869. The highest BCUT2D eigenvalue weighted by Gasteiger charge is 2.10. The first-order valence-electron chi connectivity index (χ1n) is 8.64. The molecule has 0 fully saturated rings. The SMILES string of the molecule is C[C@H](NC(=O)C=Cc1c(F)cccc1F)c1cccc(Oc2ccccn2)c1. The van der Waals surface area contributed by atoms with Crippen LogP contribution in [-0.2, 0) is 4.79 Å². The fraction of sp³-hybridized carbons (Fsp3) is 0.0909. The normalized spacial score (nSPS) is 12.0. The summed E-state index contributed by atoms with van der Waals surface area (Å²) in [6.07, 6.45) is 3.85. The maximum atomic E-state index is 13.6. The minimum absolute atomic E-state index is 0.254. The number of carbonyl (C=O) groups excluding carboxylic acids is 1. The molecular weight excluding hydrogens is 362 g/mol. The average Bonchev–Trinajstić information content (AvgIpc) is 2.68. The van der Waals surface area contributed by atoms with Crippen LogP contribution in [0.15, 0.2) is 72.9 Å². The lowest BCUT2D eigenvalue weighted by Crippen LogP contribution is -2.24. The van der Waals surface area contributed by atoms with Crippen LogP contribution in [0.5, 0.6) is 11.6 Å². The second-order valence-electron chi connectivity index (χ2n) is 6.04. The van der Waals surface area contributed by atoms with E-state index in [2.05, 4.69) is 10.3 Å². The van der Waals surface area contributed by atoms with Crippen molar-refractivity contribution < 1.29 is 18.3 Å². The summed E-state index contributed by atoms with van der Waals surface area (Å²) in [7, 11) is 0. The van der Waals surface area contributed by atoms with Gasteiger partial charge in [-0.15, -0.1) is 0 Å². The number of hydrogen-bond acceptors (Lipinski definition) is 3. The summed E-state index contributed by atoms with van der Waals surface area (Å²) in [4.78, 5) is 16.2. The zero-order valence-corrected chi connectivity index (χ0v) is 15.1. The molecule has 0 aliphatic heterocycles. The van der Waals surface area contributed by atoms with Crippen molar-refractivity contribution >= 4 is 12.0 Å². The Bertz CT molecular complexity index is 971. The molecule has 1 heterocycles. The molecule has 1 atom stereocenters. The second kappa shape index (κ2) is 8.90. The third-order valence-electron chi connectivity index (χ3n) is 3.98. The Labute approximate surface area is 161 Å². The Kier molecular flexibility index (Phi) is 6.11. The molecule has 0 aliphatic rings. The number of carbonyl (C=O) groups is 1. The van der Waals surface area contributed by atoms with Gasteiger partial charge in [-0.1, -0.05) is 24.3 Å². The van der Waals surface area contributed by atoms with Crippen molar-refractivity contribution in [2.45, 2.75) is 13.0 Å². The molecule has 0 radical (unpaired) electrons. The molecule has 4 nitrogen and oxygen atoms in total. The highest BCUT2D eigenvalue weighted by molar-refractivity contribution is 5.92. The van der Waals surface area contributed by atoms with Crippen molar-refractivity contribution in [1.82, 2.24) is 10.3 Å². The first-order valence-corrected chi connectivity index (χ1v) is 8.64. The van der Waals surface area contributed by atoms with Crippen molar-refractivity contribution in [3.05, 3.63) is 95.7 Å². The lowest BCUT2D eigenvalue weighted by molar-refractivity contribution is -0.117. The average molecular weight is 380 g/mol. The largest absolute Gasteiger partial charge is 0.439 e. The van der Waals surface area contributed by atoms with Gasteiger partial charge in [0.2, 0.25) is 11.8 Å². The van der Waals surface area contributed by atoms with Gasteiger partial charge in [-0.2, -0.15) is 0 Å². The number of nitrogens with one attached hydrogen (secondary N) is 1. The van der Waals surface area contributed by atoms with Crippen molar-refractivity contribution in [3.63, 3.8) is 0 Å². The van der Waals surface area contributed by atoms with Gasteiger partial charge in [0.25, 0.3) is 0 Å². The maximum Gasteiger partial charge on any atom is 0.244 e. The predicted molar refractivity (Wildman–Crippen MR) is 103 cm³/mol. The monoisotopic (exact) mass is 380 g/mol. The van der Waals surface area contributed by atoms with Crippen LogP contribution in [0.2, 0.25) is 0 Å². The topological polar surface area (TPSA) is 51.2 Å². The summed E-state index contributed by atoms with van der Waals surface area (Å²) < 4.78 is 32.9. The Morgan fingerprint density at radius 2 is 1.82 bits per heavy atom. The first kappa shape index (κ1) is 19.2. The van der Waals surface area contributed by atoms with Crippen molar-refractivity contribution in [2.24, 2.45) is 0 Å². The lowest BCUT2D eigenvalue weighted by Gasteiger charge is -2.14. The fourth-order valence-electron chi connectivity index (χ4n) is 2.55. The Morgan fingerprint density at radius 1 is 1.07 bits per heavy atom. The van der Waals surface area contributed by atoms with E-state index in [9.17, 15) is 13.6 Å². The molecule has 0 saturated heterocycles. The van der Waals surface area contributed by atoms with Crippen LogP contribution in [0.25, 0.3) is 6.08 Å². The molecule has 0 spiro atoms. The van der Waals surface area contributed by atoms with Gasteiger partial charge in [0, 0.05) is 23.9 Å². The number of pyridine rings is 1. The van der Waals surface area contributed by atoms with Crippen LogP contribution in [-0.4, -0.2) is 10.9 Å². The van der Waals surface area contributed by atoms with Crippen LogP contribution in [0.3, 0.4) is 0 Å². The molecule has 1 amide bonds. The minimum atomic E-state index is -0.725. The Balaban J connectivity index is 1.65. The Hall–Kier alpha value is -3.54. The van der Waals surface area contributed by atoms with E-state index in [0.29, 0.717) is 11.6 Å². The molecule has 6 heteroatoms. The molecule has 1 aromatic heterocycles. The van der Waals surface area contributed by atoms with Gasteiger partial charge in [0.15, 0.2) is 0 Å². The summed E-state index contributed by atoms with van der Waals surface area (Å²) in [5.41, 5.74) is 0.559. The number of benzene rings is 2. The second-order valence-corrected chi connectivity index (χ2v) is 6.04. The predicted octanol–water partition coefficient (Wildman–Crippen LogP) is 5.04. The molecule has 28 heavy (non-hydrogen) atoms. The zero-order valence-electron chi connectivity index (χ0n) is 15.1. The van der Waals surface area contributed by atoms with Gasteiger partial charge in [0.05, 0.1) is 6.04 Å². The summed E-state index contributed by atoms with van der Waals surface area (Å²) >= 11 is 0. The van der Waals surface area contributed by atoms with E-state index < -0.39 is 17.5 Å². The summed E-state index contributed by atoms with van der Waals surface area (Å²) in [5, 5.41) is 2.75. The number of aromatic nitrogens is 1. The highest BCUT2D eigenvalue weighted by Crippen LogP contribution is 2.23. The summed E-state index contributed by atoms with van der Waals surface area (Å²) in [6.45, 7) is 1.80. The fourth-order valence-corrected chi connectivity index (χ4v) is 2.55. The Morgan fingerprint density at radius 3 is 2.54 bits per heavy atom. The van der Waals surface area contributed by atoms with Gasteiger partial charge in [-0.05, 0) is 48.9 Å². The number of rotatable bonds is 6. The molecule has 1 N–H and O–H groups in total. The molecule has 0 unspecified atom stereocenters. The van der Waals surface area contributed by atoms with Gasteiger partial charge in [0.1, 0.15) is 17.4 Å². The number of nitrogens with zero attached hydrogens (tertiary/aromatic N) is 1. The van der Waals surface area contributed by atoms with Gasteiger partial charge >= 0.3 is 0 Å². The first-order chi connectivity index (χ1) is 13.5. The molecular formula is C22H18F2N2O2. The van der Waals surface area contributed by atoms with Crippen LogP contribution in [0, 0.1) is 11.6 Å². The highest BCUT2D eigenvalue weighted by atomic mass is 19.1. The van der Waals surface area contributed by atoms with Gasteiger partial charge in [-0.25, -0.2) is 13.8 Å². The zero-order chi connectivity index (χ0) is 19.9. The van der Waals surface area contributed by atoms with E-state index in [1.54, 1.807) is 43.5 Å². The number of ether oxygens (including phenoxy) is 1. The number of halogens is 2. The van der Waals surface area contributed by atoms with Crippen molar-refractivity contribution in [1.29, 1.82) is 0 Å². The molecule has 2 aromatic carbocycles. The standard InChI is InChI=1S/C22H18F2N2O2/c1-15(26-21(27)12-11-18-19(23)8-5-9-20(18)24)16-6-4-7-17(14-16)28-22-10-2-3-13-25-22/h2-15H,1H3,(H,26,27)/t15-/m0/s1. The van der Waals surface area contributed by atoms with E-state index in [4.69, 9.17) is 4.74 Å². The van der Waals surface area contributed by atoms with Crippen LogP contribution >= 0.6 is 0 Å². The summed E-state index contributed by atoms with van der Waals surface area (Å²) in [6, 6.07) is 15.8. The lowest BCUT2D eigenvalue weighted by atomic mass is 10.1. The molecule has 3 rings (SSSR count). The minimum Gasteiger partial charge on any atom is -0.439 e. The number of hydrogen-bond donors (Lipinski definition) is 1. The third-order valence-corrected chi connectivity index (χ3v) is 3.98. The molecule has 3 aromatic rings. The third kappa shape index (κ3) is 5.01.